The number of aliphatic hydroxyl groups excluding tert-OH is 1. The molecule has 0 aromatic heterocycles. The van der Waals surface area contributed by atoms with Gasteiger partial charge in [-0.1, -0.05) is 13.8 Å². The van der Waals surface area contributed by atoms with Crippen molar-refractivity contribution >= 4 is 0 Å². The summed E-state index contributed by atoms with van der Waals surface area (Å²) in [7, 11) is 0. The zero-order valence-electron chi connectivity index (χ0n) is 12.6. The number of nitrogens with one attached hydrogen (secondary N) is 1. The van der Waals surface area contributed by atoms with Crippen LogP contribution in [0, 0.1) is 5.41 Å². The summed E-state index contributed by atoms with van der Waals surface area (Å²) >= 11 is 0. The third-order valence-electron chi connectivity index (χ3n) is 4.31. The Balaban J connectivity index is 1.95. The van der Waals surface area contributed by atoms with E-state index in [4.69, 9.17) is 9.47 Å². The summed E-state index contributed by atoms with van der Waals surface area (Å²) in [5, 5.41) is 12.9. The third-order valence-corrected chi connectivity index (χ3v) is 4.31. The smallest absolute Gasteiger partial charge is 0.0809 e. The van der Waals surface area contributed by atoms with Crippen LogP contribution in [0.5, 0.6) is 0 Å². The molecular weight excluding hydrogens is 242 g/mol. The molecule has 1 saturated heterocycles. The van der Waals surface area contributed by atoms with Crippen LogP contribution in [0.2, 0.25) is 0 Å². The van der Waals surface area contributed by atoms with Crippen molar-refractivity contribution in [2.75, 3.05) is 39.5 Å². The van der Waals surface area contributed by atoms with Crippen molar-refractivity contribution in [3.05, 3.63) is 0 Å². The van der Waals surface area contributed by atoms with Gasteiger partial charge in [-0.3, -0.25) is 0 Å². The molecule has 114 valence electrons. The van der Waals surface area contributed by atoms with E-state index < -0.39 is 0 Å². The van der Waals surface area contributed by atoms with E-state index in [1.165, 1.54) is 6.42 Å². The number of rotatable bonds is 11. The van der Waals surface area contributed by atoms with Gasteiger partial charge in [-0.2, -0.15) is 0 Å². The van der Waals surface area contributed by atoms with E-state index >= 15 is 0 Å². The molecule has 4 nitrogen and oxygen atoms in total. The van der Waals surface area contributed by atoms with Crippen molar-refractivity contribution in [2.24, 2.45) is 5.41 Å². The van der Waals surface area contributed by atoms with Crippen molar-refractivity contribution in [3.8, 4) is 0 Å². The maximum Gasteiger partial charge on any atom is 0.0809 e. The number of hydrogen-bond acceptors (Lipinski definition) is 4. The van der Waals surface area contributed by atoms with E-state index in [9.17, 15) is 5.11 Å². The Labute approximate surface area is 117 Å². The molecule has 1 aliphatic heterocycles. The van der Waals surface area contributed by atoms with Gasteiger partial charge < -0.3 is 19.9 Å². The van der Waals surface area contributed by atoms with Gasteiger partial charge in [-0.15, -0.1) is 0 Å². The highest BCUT2D eigenvalue weighted by Gasteiger charge is 2.24. The minimum Gasteiger partial charge on any atom is -0.396 e. The first-order valence-electron chi connectivity index (χ1n) is 7.77. The molecule has 0 bridgehead atoms. The summed E-state index contributed by atoms with van der Waals surface area (Å²) in [5.74, 6) is 0. The molecule has 0 aromatic carbocycles. The highest BCUT2D eigenvalue weighted by Crippen LogP contribution is 2.24. The van der Waals surface area contributed by atoms with Crippen LogP contribution in [0.25, 0.3) is 0 Å². The Morgan fingerprint density at radius 3 is 2.74 bits per heavy atom. The largest absolute Gasteiger partial charge is 0.396 e. The molecule has 0 amide bonds. The standard InChI is InChI=1S/C15H31NO3/c1-3-15(4-2,13-17)12-16-8-6-9-18-11-14-7-5-10-19-14/h14,16-17H,3-13H2,1-2H3. The molecule has 0 spiro atoms. The first-order valence-corrected chi connectivity index (χ1v) is 7.77. The molecule has 1 rings (SSSR count). The minimum absolute atomic E-state index is 0.0541. The van der Waals surface area contributed by atoms with E-state index in [1.807, 2.05) is 0 Å². The van der Waals surface area contributed by atoms with Crippen LogP contribution >= 0.6 is 0 Å². The second-order valence-electron chi connectivity index (χ2n) is 5.61. The topological polar surface area (TPSA) is 50.7 Å². The Morgan fingerprint density at radius 2 is 2.16 bits per heavy atom. The maximum absolute atomic E-state index is 9.46. The summed E-state index contributed by atoms with van der Waals surface area (Å²) in [6.07, 6.45) is 5.69. The lowest BCUT2D eigenvalue weighted by Gasteiger charge is -2.29. The average Bonchev–Trinajstić information content (AvgIpc) is 2.96. The lowest BCUT2D eigenvalue weighted by molar-refractivity contribution is 0.0164. The Morgan fingerprint density at radius 1 is 1.37 bits per heavy atom. The van der Waals surface area contributed by atoms with Crippen LogP contribution < -0.4 is 5.32 Å². The molecule has 0 aromatic rings. The van der Waals surface area contributed by atoms with Crippen LogP contribution in [-0.2, 0) is 9.47 Å². The maximum atomic E-state index is 9.46. The fourth-order valence-electron chi connectivity index (χ4n) is 2.42. The van der Waals surface area contributed by atoms with Crippen LogP contribution in [0.4, 0.5) is 0 Å². The predicted molar refractivity (Wildman–Crippen MR) is 77.4 cm³/mol. The fourth-order valence-corrected chi connectivity index (χ4v) is 2.42. The van der Waals surface area contributed by atoms with Gasteiger partial charge in [0.2, 0.25) is 0 Å². The Kier molecular flexibility index (Phi) is 8.62. The van der Waals surface area contributed by atoms with Gasteiger partial charge in [0.25, 0.3) is 0 Å². The molecule has 0 aliphatic carbocycles. The molecule has 4 heteroatoms. The summed E-state index contributed by atoms with van der Waals surface area (Å²) in [6, 6.07) is 0. The molecule has 1 atom stereocenters. The van der Waals surface area contributed by atoms with E-state index in [0.29, 0.717) is 6.10 Å². The van der Waals surface area contributed by atoms with Crippen molar-refractivity contribution < 1.29 is 14.6 Å². The minimum atomic E-state index is 0.0541. The molecule has 1 fully saturated rings. The molecule has 2 N–H and O–H groups in total. The van der Waals surface area contributed by atoms with Gasteiger partial charge in [-0.05, 0) is 38.6 Å². The molecule has 1 aliphatic rings. The average molecular weight is 273 g/mol. The van der Waals surface area contributed by atoms with Gasteiger partial charge in [0, 0.05) is 31.8 Å². The summed E-state index contributed by atoms with van der Waals surface area (Å²) in [5.41, 5.74) is 0.0541. The van der Waals surface area contributed by atoms with Gasteiger partial charge in [-0.25, -0.2) is 0 Å². The molecular formula is C15H31NO3. The van der Waals surface area contributed by atoms with Gasteiger partial charge >= 0.3 is 0 Å². The molecule has 1 heterocycles. The van der Waals surface area contributed by atoms with Crippen molar-refractivity contribution in [2.45, 2.75) is 52.1 Å². The quantitative estimate of drug-likeness (QED) is 0.565. The van der Waals surface area contributed by atoms with Crippen LogP contribution in [0.3, 0.4) is 0 Å². The summed E-state index contributed by atoms with van der Waals surface area (Å²) < 4.78 is 11.1. The molecule has 19 heavy (non-hydrogen) atoms. The summed E-state index contributed by atoms with van der Waals surface area (Å²) in [4.78, 5) is 0. The van der Waals surface area contributed by atoms with Crippen molar-refractivity contribution in [1.82, 2.24) is 5.32 Å². The van der Waals surface area contributed by atoms with Crippen LogP contribution in [0.1, 0.15) is 46.0 Å². The first-order chi connectivity index (χ1) is 9.26. The lowest BCUT2D eigenvalue weighted by atomic mass is 9.83. The summed E-state index contributed by atoms with van der Waals surface area (Å²) in [6.45, 7) is 8.82. The van der Waals surface area contributed by atoms with E-state index in [-0.39, 0.29) is 12.0 Å². The number of aliphatic hydroxyl groups is 1. The van der Waals surface area contributed by atoms with Gasteiger partial charge in [0.05, 0.1) is 12.7 Å². The lowest BCUT2D eigenvalue weighted by Crippen LogP contribution is -2.37. The van der Waals surface area contributed by atoms with Crippen molar-refractivity contribution in [1.29, 1.82) is 0 Å². The zero-order chi connectivity index (χ0) is 14.0. The molecule has 0 saturated carbocycles. The zero-order valence-corrected chi connectivity index (χ0v) is 12.6. The van der Waals surface area contributed by atoms with E-state index in [1.54, 1.807) is 0 Å². The first kappa shape index (κ1) is 16.9. The van der Waals surface area contributed by atoms with Gasteiger partial charge in [0.15, 0.2) is 0 Å². The number of ether oxygens (including phenoxy) is 2. The second kappa shape index (κ2) is 9.70. The van der Waals surface area contributed by atoms with Gasteiger partial charge in [0.1, 0.15) is 0 Å². The molecule has 0 radical (unpaired) electrons. The van der Waals surface area contributed by atoms with E-state index in [0.717, 1.165) is 58.6 Å². The van der Waals surface area contributed by atoms with Crippen LogP contribution in [-0.4, -0.2) is 50.7 Å². The second-order valence-corrected chi connectivity index (χ2v) is 5.61. The SMILES string of the molecule is CCC(CC)(CO)CNCCCOCC1CCCO1. The Hall–Kier alpha value is -0.160. The van der Waals surface area contributed by atoms with E-state index in [2.05, 4.69) is 19.2 Å². The molecule has 1 unspecified atom stereocenters. The Bertz CT molecular complexity index is 205. The normalized spacial score (nSPS) is 20.1. The highest BCUT2D eigenvalue weighted by atomic mass is 16.5. The van der Waals surface area contributed by atoms with Crippen LogP contribution in [0.15, 0.2) is 0 Å². The monoisotopic (exact) mass is 273 g/mol. The fraction of sp³-hybridized carbons (Fsp3) is 1.00. The number of hydrogen-bond donors (Lipinski definition) is 2. The third kappa shape index (κ3) is 6.21. The van der Waals surface area contributed by atoms with Crippen molar-refractivity contribution in [3.63, 3.8) is 0 Å². The highest BCUT2D eigenvalue weighted by molar-refractivity contribution is 4.78. The predicted octanol–water partition coefficient (Wildman–Crippen LogP) is 1.96.